The van der Waals surface area contributed by atoms with Gasteiger partial charge in [-0.2, -0.15) is 0 Å². The molecule has 0 bridgehead atoms. The Bertz CT molecular complexity index is 356. The summed E-state index contributed by atoms with van der Waals surface area (Å²) in [6.07, 6.45) is 0. The molecule has 0 saturated carbocycles. The molecule has 1 rings (SSSR count). The lowest BCUT2D eigenvalue weighted by molar-refractivity contribution is 0.567. The molecule has 0 aliphatic carbocycles. The molecule has 21 heavy (non-hydrogen) atoms. The molecule has 0 aliphatic heterocycles. The summed E-state index contributed by atoms with van der Waals surface area (Å²) in [6, 6.07) is 8.63. The van der Waals surface area contributed by atoms with Crippen LogP contribution in [-0.4, -0.2) is 52.4 Å². The summed E-state index contributed by atoms with van der Waals surface area (Å²) in [5.41, 5.74) is 8.06. The van der Waals surface area contributed by atoms with Crippen LogP contribution in [-0.2, 0) is 6.54 Å². The summed E-state index contributed by atoms with van der Waals surface area (Å²) < 4.78 is 0. The van der Waals surface area contributed by atoms with Crippen LogP contribution in [0, 0.1) is 6.92 Å². The number of rotatable bonds is 13. The summed E-state index contributed by atoms with van der Waals surface area (Å²) >= 11 is 0. The molecule has 0 aromatic heterocycles. The van der Waals surface area contributed by atoms with Gasteiger partial charge >= 0.3 is 0 Å². The molecule has 5 heteroatoms. The fourth-order valence-electron chi connectivity index (χ4n) is 2.06. The maximum absolute atomic E-state index is 5.39. The zero-order valence-electron chi connectivity index (χ0n) is 13.3. The van der Waals surface area contributed by atoms with Crippen molar-refractivity contribution in [3.8, 4) is 0 Å². The number of aryl methyl sites for hydroxylation is 1. The van der Waals surface area contributed by atoms with E-state index in [1.165, 1.54) is 11.1 Å². The summed E-state index contributed by atoms with van der Waals surface area (Å²) in [4.78, 5) is 0. The first-order valence-corrected chi connectivity index (χ1v) is 7.91. The van der Waals surface area contributed by atoms with Gasteiger partial charge in [-0.25, -0.2) is 0 Å². The number of hydrogen-bond donors (Lipinski definition) is 5. The Kier molecular flexibility index (Phi) is 11.0. The highest BCUT2D eigenvalue weighted by molar-refractivity contribution is 5.21. The van der Waals surface area contributed by atoms with Gasteiger partial charge in [-0.3, -0.25) is 0 Å². The molecule has 6 N–H and O–H groups in total. The van der Waals surface area contributed by atoms with Gasteiger partial charge in [-0.15, -0.1) is 0 Å². The first kappa shape index (κ1) is 18.1. The summed E-state index contributed by atoms with van der Waals surface area (Å²) in [6.45, 7) is 10.6. The van der Waals surface area contributed by atoms with Crippen molar-refractivity contribution in [3.63, 3.8) is 0 Å². The van der Waals surface area contributed by atoms with Crippen LogP contribution in [0.4, 0.5) is 0 Å². The first-order valence-electron chi connectivity index (χ1n) is 7.91. The van der Waals surface area contributed by atoms with E-state index in [4.69, 9.17) is 5.73 Å². The summed E-state index contributed by atoms with van der Waals surface area (Å²) in [5, 5.41) is 13.5. The van der Waals surface area contributed by atoms with Gasteiger partial charge in [0.15, 0.2) is 0 Å². The normalized spacial score (nSPS) is 11.0. The predicted octanol–water partition coefficient (Wildman–Crippen LogP) is -0.188. The lowest BCUT2D eigenvalue weighted by Crippen LogP contribution is -2.35. The van der Waals surface area contributed by atoms with E-state index >= 15 is 0 Å². The SMILES string of the molecule is Cc1cccc(CNCCNCCNCCNCCN)c1. The molecule has 0 spiro atoms. The fourth-order valence-corrected chi connectivity index (χ4v) is 2.06. The Morgan fingerprint density at radius 2 is 1.38 bits per heavy atom. The Morgan fingerprint density at radius 1 is 0.810 bits per heavy atom. The molecule has 0 atom stereocenters. The molecule has 1 aromatic rings. The third kappa shape index (κ3) is 10.4. The second kappa shape index (κ2) is 12.7. The molecule has 0 aliphatic rings. The largest absolute Gasteiger partial charge is 0.329 e. The molecular weight excluding hydrogens is 262 g/mol. The minimum Gasteiger partial charge on any atom is -0.329 e. The topological polar surface area (TPSA) is 74.1 Å². The van der Waals surface area contributed by atoms with Crippen LogP contribution in [0.2, 0.25) is 0 Å². The molecule has 5 nitrogen and oxygen atoms in total. The van der Waals surface area contributed by atoms with Crippen LogP contribution >= 0.6 is 0 Å². The molecule has 120 valence electrons. The van der Waals surface area contributed by atoms with Crippen LogP contribution in [0.5, 0.6) is 0 Å². The van der Waals surface area contributed by atoms with Crippen molar-refractivity contribution < 1.29 is 0 Å². The molecule has 0 fully saturated rings. The van der Waals surface area contributed by atoms with Gasteiger partial charge in [0.1, 0.15) is 0 Å². The average Bonchev–Trinajstić information content (AvgIpc) is 2.48. The Labute approximate surface area is 129 Å². The molecule has 0 radical (unpaired) electrons. The van der Waals surface area contributed by atoms with Gasteiger partial charge in [0.2, 0.25) is 0 Å². The van der Waals surface area contributed by atoms with Gasteiger partial charge in [0, 0.05) is 58.9 Å². The highest BCUT2D eigenvalue weighted by Gasteiger charge is 1.93. The number of nitrogens with two attached hydrogens (primary N) is 1. The number of benzene rings is 1. The van der Waals surface area contributed by atoms with Crippen LogP contribution in [0.15, 0.2) is 24.3 Å². The highest BCUT2D eigenvalue weighted by Crippen LogP contribution is 2.02. The second-order valence-corrected chi connectivity index (χ2v) is 5.20. The molecular formula is C16H31N5. The minimum atomic E-state index is 0.705. The van der Waals surface area contributed by atoms with Crippen molar-refractivity contribution >= 4 is 0 Å². The van der Waals surface area contributed by atoms with Gasteiger partial charge in [-0.1, -0.05) is 29.8 Å². The Morgan fingerprint density at radius 3 is 1.95 bits per heavy atom. The van der Waals surface area contributed by atoms with E-state index in [2.05, 4.69) is 52.5 Å². The third-order valence-electron chi connectivity index (χ3n) is 3.17. The maximum Gasteiger partial charge on any atom is 0.0206 e. The monoisotopic (exact) mass is 293 g/mol. The van der Waals surface area contributed by atoms with E-state index in [-0.39, 0.29) is 0 Å². The smallest absolute Gasteiger partial charge is 0.0206 e. The third-order valence-corrected chi connectivity index (χ3v) is 3.17. The van der Waals surface area contributed by atoms with E-state index in [0.717, 1.165) is 52.4 Å². The Hall–Kier alpha value is -0.980. The van der Waals surface area contributed by atoms with Crippen LogP contribution < -0.4 is 27.0 Å². The zero-order chi connectivity index (χ0) is 15.2. The minimum absolute atomic E-state index is 0.705. The van der Waals surface area contributed by atoms with Crippen molar-refractivity contribution in [2.45, 2.75) is 13.5 Å². The summed E-state index contributed by atoms with van der Waals surface area (Å²) in [5.74, 6) is 0. The molecule has 0 saturated heterocycles. The van der Waals surface area contributed by atoms with Gasteiger partial charge in [0.25, 0.3) is 0 Å². The molecule has 1 aromatic carbocycles. The molecule has 0 heterocycles. The van der Waals surface area contributed by atoms with Crippen molar-refractivity contribution in [2.24, 2.45) is 5.73 Å². The van der Waals surface area contributed by atoms with E-state index in [1.807, 2.05) is 0 Å². The van der Waals surface area contributed by atoms with Crippen LogP contribution in [0.3, 0.4) is 0 Å². The number of nitrogens with one attached hydrogen (secondary N) is 4. The van der Waals surface area contributed by atoms with Crippen LogP contribution in [0.25, 0.3) is 0 Å². The van der Waals surface area contributed by atoms with Crippen molar-refractivity contribution in [3.05, 3.63) is 35.4 Å². The summed E-state index contributed by atoms with van der Waals surface area (Å²) in [7, 11) is 0. The quantitative estimate of drug-likeness (QED) is 0.326. The zero-order valence-corrected chi connectivity index (χ0v) is 13.3. The van der Waals surface area contributed by atoms with Crippen molar-refractivity contribution in [1.82, 2.24) is 21.3 Å². The molecule has 0 amide bonds. The van der Waals surface area contributed by atoms with Crippen molar-refractivity contribution in [1.29, 1.82) is 0 Å². The van der Waals surface area contributed by atoms with Gasteiger partial charge in [0.05, 0.1) is 0 Å². The first-order chi connectivity index (χ1) is 10.3. The van der Waals surface area contributed by atoms with E-state index in [0.29, 0.717) is 6.54 Å². The van der Waals surface area contributed by atoms with Gasteiger partial charge < -0.3 is 27.0 Å². The van der Waals surface area contributed by atoms with Crippen LogP contribution in [0.1, 0.15) is 11.1 Å². The average molecular weight is 293 g/mol. The highest BCUT2D eigenvalue weighted by atomic mass is 15.0. The Balaban J connectivity index is 1.82. The van der Waals surface area contributed by atoms with Crippen molar-refractivity contribution in [2.75, 3.05) is 52.4 Å². The predicted molar refractivity (Wildman–Crippen MR) is 90.5 cm³/mol. The fraction of sp³-hybridized carbons (Fsp3) is 0.625. The standard InChI is InChI=1S/C16H31N5/c1-15-3-2-4-16(13-15)14-21-12-11-20-10-9-19-8-7-18-6-5-17/h2-4,13,18-21H,5-12,14,17H2,1H3. The second-order valence-electron chi connectivity index (χ2n) is 5.20. The molecule has 0 unspecified atom stereocenters. The lowest BCUT2D eigenvalue weighted by atomic mass is 10.1. The lowest BCUT2D eigenvalue weighted by Gasteiger charge is -2.08. The van der Waals surface area contributed by atoms with E-state index in [1.54, 1.807) is 0 Å². The maximum atomic E-state index is 5.39. The number of hydrogen-bond acceptors (Lipinski definition) is 5. The van der Waals surface area contributed by atoms with Gasteiger partial charge in [-0.05, 0) is 12.5 Å². The van der Waals surface area contributed by atoms with E-state index in [9.17, 15) is 0 Å². The van der Waals surface area contributed by atoms with E-state index < -0.39 is 0 Å².